The van der Waals surface area contributed by atoms with Gasteiger partial charge in [-0.05, 0) is 25.0 Å². The lowest BCUT2D eigenvalue weighted by Gasteiger charge is -2.17. The lowest BCUT2D eigenvalue weighted by Crippen LogP contribution is -2.32. The summed E-state index contributed by atoms with van der Waals surface area (Å²) in [5.74, 6) is -1.23. The van der Waals surface area contributed by atoms with Crippen LogP contribution in [0.15, 0.2) is 18.3 Å². The molecule has 7 heteroatoms. The summed E-state index contributed by atoms with van der Waals surface area (Å²) in [6, 6.07) is 3.17. The van der Waals surface area contributed by atoms with E-state index < -0.39 is 17.8 Å². The average molecular weight is 378 g/mol. The Morgan fingerprint density at radius 1 is 1.11 bits per heavy atom. The number of aromatic nitrogens is 1. The number of rotatable bonds is 12. The SMILES string of the molecule is CCCCC(CCCC)OC(=O)CNC(=O)c1ccc(COC(C)=O)nc1. The summed E-state index contributed by atoms with van der Waals surface area (Å²) in [5.41, 5.74) is 0.860. The van der Waals surface area contributed by atoms with Gasteiger partial charge in [-0.25, -0.2) is 0 Å². The second-order valence-electron chi connectivity index (χ2n) is 6.40. The third kappa shape index (κ3) is 9.72. The van der Waals surface area contributed by atoms with Crippen molar-refractivity contribution >= 4 is 17.8 Å². The Morgan fingerprint density at radius 2 is 1.78 bits per heavy atom. The summed E-state index contributed by atoms with van der Waals surface area (Å²) >= 11 is 0. The molecule has 1 heterocycles. The molecule has 0 saturated heterocycles. The van der Waals surface area contributed by atoms with Crippen LogP contribution in [-0.4, -0.2) is 35.5 Å². The Bertz CT molecular complexity index is 593. The Labute approximate surface area is 160 Å². The van der Waals surface area contributed by atoms with E-state index in [1.807, 2.05) is 0 Å². The zero-order valence-corrected chi connectivity index (χ0v) is 16.5. The normalized spacial score (nSPS) is 10.5. The Balaban J connectivity index is 2.44. The molecule has 1 aromatic rings. The predicted molar refractivity (Wildman–Crippen MR) is 101 cm³/mol. The van der Waals surface area contributed by atoms with Gasteiger partial charge in [0.2, 0.25) is 0 Å². The van der Waals surface area contributed by atoms with Crippen molar-refractivity contribution in [1.82, 2.24) is 10.3 Å². The van der Waals surface area contributed by atoms with Crippen LogP contribution in [0, 0.1) is 0 Å². The van der Waals surface area contributed by atoms with E-state index >= 15 is 0 Å². The number of carbonyl (C=O) groups is 3. The molecule has 0 atom stereocenters. The molecule has 0 radical (unpaired) electrons. The molecule has 27 heavy (non-hydrogen) atoms. The first kappa shape index (κ1) is 22.6. The monoisotopic (exact) mass is 378 g/mol. The highest BCUT2D eigenvalue weighted by Crippen LogP contribution is 2.12. The van der Waals surface area contributed by atoms with E-state index in [1.165, 1.54) is 13.1 Å². The van der Waals surface area contributed by atoms with E-state index in [0.717, 1.165) is 38.5 Å². The van der Waals surface area contributed by atoms with Crippen LogP contribution >= 0.6 is 0 Å². The van der Waals surface area contributed by atoms with Gasteiger partial charge in [0.25, 0.3) is 5.91 Å². The van der Waals surface area contributed by atoms with Crippen molar-refractivity contribution in [3.63, 3.8) is 0 Å². The molecular weight excluding hydrogens is 348 g/mol. The van der Waals surface area contributed by atoms with Gasteiger partial charge in [0.15, 0.2) is 0 Å². The molecule has 1 aromatic heterocycles. The third-order valence-corrected chi connectivity index (χ3v) is 3.96. The van der Waals surface area contributed by atoms with E-state index in [-0.39, 0.29) is 19.3 Å². The average Bonchev–Trinajstić information content (AvgIpc) is 2.66. The van der Waals surface area contributed by atoms with E-state index in [2.05, 4.69) is 24.1 Å². The van der Waals surface area contributed by atoms with E-state index in [9.17, 15) is 14.4 Å². The van der Waals surface area contributed by atoms with E-state index in [0.29, 0.717) is 11.3 Å². The Hall–Kier alpha value is -2.44. The molecule has 1 N–H and O–H groups in total. The Kier molecular flexibility index (Phi) is 10.7. The molecule has 0 aliphatic carbocycles. The first-order valence-electron chi connectivity index (χ1n) is 9.52. The lowest BCUT2D eigenvalue weighted by atomic mass is 10.1. The van der Waals surface area contributed by atoms with Crippen molar-refractivity contribution < 1.29 is 23.9 Å². The van der Waals surface area contributed by atoms with Gasteiger partial charge < -0.3 is 14.8 Å². The van der Waals surface area contributed by atoms with Crippen LogP contribution in [0.3, 0.4) is 0 Å². The molecule has 1 rings (SSSR count). The van der Waals surface area contributed by atoms with Gasteiger partial charge in [-0.1, -0.05) is 39.5 Å². The van der Waals surface area contributed by atoms with Gasteiger partial charge in [0.05, 0.1) is 11.3 Å². The summed E-state index contributed by atoms with van der Waals surface area (Å²) in [4.78, 5) is 39.0. The summed E-state index contributed by atoms with van der Waals surface area (Å²) < 4.78 is 10.3. The minimum atomic E-state index is -0.431. The highest BCUT2D eigenvalue weighted by Gasteiger charge is 2.15. The van der Waals surface area contributed by atoms with Crippen molar-refractivity contribution in [2.45, 2.75) is 72.0 Å². The fraction of sp³-hybridized carbons (Fsp3) is 0.600. The number of hydrogen-bond acceptors (Lipinski definition) is 6. The highest BCUT2D eigenvalue weighted by molar-refractivity contribution is 5.95. The first-order chi connectivity index (χ1) is 13.0. The maximum absolute atomic E-state index is 12.1. The van der Waals surface area contributed by atoms with Crippen LogP contribution in [0.4, 0.5) is 0 Å². The molecule has 0 unspecified atom stereocenters. The fourth-order valence-corrected chi connectivity index (χ4v) is 2.43. The molecule has 150 valence electrons. The molecule has 0 bridgehead atoms. The number of unbranched alkanes of at least 4 members (excludes halogenated alkanes) is 2. The molecule has 0 fully saturated rings. The van der Waals surface area contributed by atoms with Crippen molar-refractivity contribution in [2.75, 3.05) is 6.54 Å². The smallest absolute Gasteiger partial charge is 0.325 e. The topological polar surface area (TPSA) is 94.6 Å². The summed E-state index contributed by atoms with van der Waals surface area (Å²) in [6.07, 6.45) is 7.13. The molecule has 0 aromatic carbocycles. The number of pyridine rings is 1. The number of amides is 1. The van der Waals surface area contributed by atoms with Crippen molar-refractivity contribution in [1.29, 1.82) is 0 Å². The van der Waals surface area contributed by atoms with Crippen LogP contribution in [0.5, 0.6) is 0 Å². The first-order valence-corrected chi connectivity index (χ1v) is 9.52. The molecular formula is C20H30N2O5. The van der Waals surface area contributed by atoms with Crippen LogP contribution in [0.25, 0.3) is 0 Å². The molecule has 0 aliphatic heterocycles. The molecule has 0 saturated carbocycles. The standard InChI is InChI=1S/C20H30N2O5/c1-4-6-8-18(9-7-5-2)27-19(24)13-22-20(25)16-10-11-17(21-12-16)14-26-15(3)23/h10-12,18H,4-9,13-14H2,1-3H3,(H,22,25). The number of esters is 2. The molecule has 7 nitrogen and oxygen atoms in total. The molecule has 0 aliphatic rings. The van der Waals surface area contributed by atoms with Crippen molar-refractivity contribution in [3.05, 3.63) is 29.6 Å². The fourth-order valence-electron chi connectivity index (χ4n) is 2.43. The van der Waals surface area contributed by atoms with Crippen LogP contribution < -0.4 is 5.32 Å². The highest BCUT2D eigenvalue weighted by atomic mass is 16.5. The predicted octanol–water partition coefficient (Wildman–Crippen LogP) is 3.17. The third-order valence-electron chi connectivity index (χ3n) is 3.96. The summed E-state index contributed by atoms with van der Waals surface area (Å²) in [5, 5.41) is 2.55. The quantitative estimate of drug-likeness (QED) is 0.561. The second kappa shape index (κ2) is 12.8. The number of nitrogens with zero attached hydrogens (tertiary/aromatic N) is 1. The Morgan fingerprint density at radius 3 is 2.30 bits per heavy atom. The number of carbonyl (C=O) groups excluding carboxylic acids is 3. The maximum atomic E-state index is 12.1. The van der Waals surface area contributed by atoms with Crippen molar-refractivity contribution in [2.24, 2.45) is 0 Å². The van der Waals surface area contributed by atoms with Crippen molar-refractivity contribution in [3.8, 4) is 0 Å². The largest absolute Gasteiger partial charge is 0.461 e. The molecule has 0 spiro atoms. The minimum Gasteiger partial charge on any atom is -0.461 e. The van der Waals surface area contributed by atoms with Gasteiger partial charge >= 0.3 is 11.9 Å². The van der Waals surface area contributed by atoms with Crippen LogP contribution in [-0.2, 0) is 25.7 Å². The number of hydrogen-bond donors (Lipinski definition) is 1. The maximum Gasteiger partial charge on any atom is 0.325 e. The summed E-state index contributed by atoms with van der Waals surface area (Å²) in [7, 11) is 0. The van der Waals surface area contributed by atoms with Gasteiger partial charge in [-0.3, -0.25) is 19.4 Å². The van der Waals surface area contributed by atoms with E-state index in [1.54, 1.807) is 12.1 Å². The second-order valence-corrected chi connectivity index (χ2v) is 6.40. The summed E-state index contributed by atoms with van der Waals surface area (Å²) in [6.45, 7) is 5.40. The van der Waals surface area contributed by atoms with Gasteiger partial charge in [0, 0.05) is 13.1 Å². The van der Waals surface area contributed by atoms with Gasteiger partial charge in [0.1, 0.15) is 19.3 Å². The number of ether oxygens (including phenoxy) is 2. The van der Waals surface area contributed by atoms with Gasteiger partial charge in [-0.2, -0.15) is 0 Å². The molecule has 1 amide bonds. The number of nitrogens with one attached hydrogen (secondary N) is 1. The van der Waals surface area contributed by atoms with Crippen LogP contribution in [0.2, 0.25) is 0 Å². The van der Waals surface area contributed by atoms with Crippen LogP contribution in [0.1, 0.15) is 75.3 Å². The zero-order valence-electron chi connectivity index (χ0n) is 16.5. The van der Waals surface area contributed by atoms with E-state index in [4.69, 9.17) is 9.47 Å². The van der Waals surface area contributed by atoms with Gasteiger partial charge in [-0.15, -0.1) is 0 Å². The lowest BCUT2D eigenvalue weighted by molar-refractivity contribution is -0.148. The minimum absolute atomic E-state index is 0.0560. The zero-order chi connectivity index (χ0) is 20.1.